The SMILES string of the molecule is CC(Oc1ccccc1)C(=O)N1CCN(Cc2nc3ccccc3[nH]2)CC1. The van der Waals surface area contributed by atoms with Gasteiger partial charge < -0.3 is 14.6 Å². The second kappa shape index (κ2) is 7.80. The lowest BCUT2D eigenvalue weighted by Gasteiger charge is -2.35. The molecule has 1 saturated heterocycles. The highest BCUT2D eigenvalue weighted by Crippen LogP contribution is 2.15. The van der Waals surface area contributed by atoms with Gasteiger partial charge in [0.05, 0.1) is 17.6 Å². The van der Waals surface area contributed by atoms with Crippen LogP contribution >= 0.6 is 0 Å². The van der Waals surface area contributed by atoms with Gasteiger partial charge in [-0.15, -0.1) is 0 Å². The van der Waals surface area contributed by atoms with Crippen molar-refractivity contribution in [3.8, 4) is 5.75 Å². The first-order valence-electron chi connectivity index (χ1n) is 9.35. The molecule has 6 heteroatoms. The summed E-state index contributed by atoms with van der Waals surface area (Å²) in [5.41, 5.74) is 2.06. The summed E-state index contributed by atoms with van der Waals surface area (Å²) < 4.78 is 5.77. The standard InChI is InChI=1S/C21H24N4O2/c1-16(27-17-7-3-2-4-8-17)21(26)25-13-11-24(12-14-25)15-20-22-18-9-5-6-10-19(18)23-20/h2-10,16H,11-15H2,1H3,(H,22,23). The largest absolute Gasteiger partial charge is 0.481 e. The van der Waals surface area contributed by atoms with Crippen molar-refractivity contribution in [2.45, 2.75) is 19.6 Å². The molecule has 0 bridgehead atoms. The number of amides is 1. The number of nitrogens with zero attached hydrogens (tertiary/aromatic N) is 3. The summed E-state index contributed by atoms with van der Waals surface area (Å²) in [5.74, 6) is 1.74. The number of ether oxygens (including phenoxy) is 1. The minimum absolute atomic E-state index is 0.0437. The van der Waals surface area contributed by atoms with Gasteiger partial charge in [0.2, 0.25) is 0 Å². The number of carbonyl (C=O) groups excluding carboxylic acids is 1. The summed E-state index contributed by atoms with van der Waals surface area (Å²) in [5, 5.41) is 0. The maximum atomic E-state index is 12.6. The first kappa shape index (κ1) is 17.5. The molecule has 1 atom stereocenters. The summed E-state index contributed by atoms with van der Waals surface area (Å²) in [6.45, 7) is 5.67. The van der Waals surface area contributed by atoms with E-state index in [2.05, 4.69) is 14.9 Å². The fraction of sp³-hybridized carbons (Fsp3) is 0.333. The number of benzene rings is 2. The Kier molecular flexibility index (Phi) is 5.07. The van der Waals surface area contributed by atoms with Gasteiger partial charge in [-0.1, -0.05) is 30.3 Å². The normalized spacial score (nSPS) is 16.4. The van der Waals surface area contributed by atoms with Gasteiger partial charge in [0.1, 0.15) is 11.6 Å². The lowest BCUT2D eigenvalue weighted by molar-refractivity contribution is -0.139. The number of fused-ring (bicyclic) bond motifs is 1. The zero-order valence-electron chi connectivity index (χ0n) is 15.5. The fourth-order valence-electron chi connectivity index (χ4n) is 3.43. The first-order chi connectivity index (χ1) is 13.2. The van der Waals surface area contributed by atoms with Crippen LogP contribution in [0, 0.1) is 0 Å². The number of imidazole rings is 1. The zero-order valence-corrected chi connectivity index (χ0v) is 15.5. The second-order valence-electron chi connectivity index (χ2n) is 6.88. The van der Waals surface area contributed by atoms with Crippen LogP contribution in [0.15, 0.2) is 54.6 Å². The van der Waals surface area contributed by atoms with Crippen LogP contribution in [0.5, 0.6) is 5.75 Å². The topological polar surface area (TPSA) is 61.5 Å². The van der Waals surface area contributed by atoms with Gasteiger partial charge in [-0.05, 0) is 31.2 Å². The fourth-order valence-corrected chi connectivity index (χ4v) is 3.43. The average molecular weight is 364 g/mol. The summed E-state index contributed by atoms with van der Waals surface area (Å²) >= 11 is 0. The van der Waals surface area contributed by atoms with Crippen molar-refractivity contribution in [2.75, 3.05) is 26.2 Å². The van der Waals surface area contributed by atoms with Gasteiger partial charge in [-0.2, -0.15) is 0 Å². The smallest absolute Gasteiger partial charge is 0.263 e. The molecule has 0 saturated carbocycles. The molecule has 6 nitrogen and oxygen atoms in total. The zero-order chi connectivity index (χ0) is 18.6. The van der Waals surface area contributed by atoms with Crippen molar-refractivity contribution in [2.24, 2.45) is 0 Å². The van der Waals surface area contributed by atoms with Crippen LogP contribution in [0.2, 0.25) is 0 Å². The van der Waals surface area contributed by atoms with Crippen molar-refractivity contribution in [1.82, 2.24) is 19.8 Å². The Morgan fingerprint density at radius 1 is 1.07 bits per heavy atom. The first-order valence-corrected chi connectivity index (χ1v) is 9.35. The number of H-pyrrole nitrogens is 1. The van der Waals surface area contributed by atoms with Gasteiger partial charge in [0, 0.05) is 26.2 Å². The summed E-state index contributed by atoms with van der Waals surface area (Å²) in [4.78, 5) is 24.9. The van der Waals surface area contributed by atoms with Gasteiger partial charge >= 0.3 is 0 Å². The predicted octanol–water partition coefficient (Wildman–Crippen LogP) is 2.67. The third-order valence-electron chi connectivity index (χ3n) is 4.90. The number of hydrogen-bond donors (Lipinski definition) is 1. The van der Waals surface area contributed by atoms with E-state index in [1.807, 2.05) is 66.4 Å². The molecule has 3 aromatic rings. The van der Waals surface area contributed by atoms with Crippen molar-refractivity contribution in [3.05, 3.63) is 60.4 Å². The Bertz CT molecular complexity index is 868. The molecule has 140 valence electrons. The van der Waals surface area contributed by atoms with Crippen LogP contribution in [0.1, 0.15) is 12.7 Å². The number of piperazine rings is 1. The van der Waals surface area contributed by atoms with Crippen LogP contribution in [-0.4, -0.2) is 58.0 Å². The van der Waals surface area contributed by atoms with Crippen LogP contribution in [-0.2, 0) is 11.3 Å². The van der Waals surface area contributed by atoms with Crippen LogP contribution in [0.25, 0.3) is 11.0 Å². The monoisotopic (exact) mass is 364 g/mol. The highest BCUT2D eigenvalue weighted by atomic mass is 16.5. The van der Waals surface area contributed by atoms with E-state index in [0.717, 1.165) is 42.2 Å². The van der Waals surface area contributed by atoms with E-state index in [4.69, 9.17) is 4.74 Å². The minimum Gasteiger partial charge on any atom is -0.481 e. The van der Waals surface area contributed by atoms with E-state index in [9.17, 15) is 4.79 Å². The highest BCUT2D eigenvalue weighted by molar-refractivity contribution is 5.81. The predicted molar refractivity (Wildman–Crippen MR) is 104 cm³/mol. The van der Waals surface area contributed by atoms with Gasteiger partial charge in [-0.25, -0.2) is 4.98 Å². The molecule has 1 N–H and O–H groups in total. The molecule has 0 aliphatic carbocycles. The van der Waals surface area contributed by atoms with E-state index in [-0.39, 0.29) is 5.91 Å². The number of aromatic amines is 1. The lowest BCUT2D eigenvalue weighted by atomic mass is 10.2. The van der Waals surface area contributed by atoms with Crippen LogP contribution < -0.4 is 4.74 Å². The molecule has 1 amide bonds. The lowest BCUT2D eigenvalue weighted by Crippen LogP contribution is -2.51. The molecule has 2 heterocycles. The van der Waals surface area contributed by atoms with Gasteiger partial charge in [0.15, 0.2) is 6.10 Å². The molecular weight excluding hydrogens is 340 g/mol. The van der Waals surface area contributed by atoms with Crippen molar-refractivity contribution in [3.63, 3.8) is 0 Å². The molecule has 0 radical (unpaired) electrons. The molecule has 1 aliphatic rings. The number of nitrogens with one attached hydrogen (secondary N) is 1. The number of hydrogen-bond acceptors (Lipinski definition) is 4. The van der Waals surface area contributed by atoms with E-state index in [1.54, 1.807) is 0 Å². The molecule has 1 fully saturated rings. The summed E-state index contributed by atoms with van der Waals surface area (Å²) in [6.07, 6.45) is -0.477. The molecule has 1 aromatic heterocycles. The average Bonchev–Trinajstić information content (AvgIpc) is 3.11. The van der Waals surface area contributed by atoms with Gasteiger partial charge in [0.25, 0.3) is 5.91 Å². The molecule has 27 heavy (non-hydrogen) atoms. The number of rotatable bonds is 5. The number of aromatic nitrogens is 2. The van der Waals surface area contributed by atoms with Crippen molar-refractivity contribution < 1.29 is 9.53 Å². The van der Waals surface area contributed by atoms with Crippen LogP contribution in [0.4, 0.5) is 0 Å². The van der Waals surface area contributed by atoms with Crippen LogP contribution in [0.3, 0.4) is 0 Å². The Hall–Kier alpha value is -2.86. The molecular formula is C21H24N4O2. The number of carbonyl (C=O) groups is 1. The second-order valence-corrected chi connectivity index (χ2v) is 6.88. The molecule has 1 unspecified atom stereocenters. The summed E-state index contributed by atoms with van der Waals surface area (Å²) in [6, 6.07) is 17.5. The third-order valence-corrected chi connectivity index (χ3v) is 4.90. The van der Waals surface area contributed by atoms with E-state index >= 15 is 0 Å². The molecule has 2 aromatic carbocycles. The Balaban J connectivity index is 1.29. The molecule has 4 rings (SSSR count). The highest BCUT2D eigenvalue weighted by Gasteiger charge is 2.26. The maximum absolute atomic E-state index is 12.6. The Morgan fingerprint density at radius 3 is 2.52 bits per heavy atom. The van der Waals surface area contributed by atoms with E-state index in [1.165, 1.54) is 0 Å². The summed E-state index contributed by atoms with van der Waals surface area (Å²) in [7, 11) is 0. The third kappa shape index (κ3) is 4.11. The Morgan fingerprint density at radius 2 is 1.78 bits per heavy atom. The van der Waals surface area contributed by atoms with Crippen molar-refractivity contribution in [1.29, 1.82) is 0 Å². The molecule has 0 spiro atoms. The quantitative estimate of drug-likeness (QED) is 0.756. The Labute approximate surface area is 158 Å². The number of para-hydroxylation sites is 3. The van der Waals surface area contributed by atoms with E-state index < -0.39 is 6.10 Å². The van der Waals surface area contributed by atoms with E-state index in [0.29, 0.717) is 13.1 Å². The maximum Gasteiger partial charge on any atom is 0.263 e. The van der Waals surface area contributed by atoms with Crippen molar-refractivity contribution >= 4 is 16.9 Å². The molecule has 1 aliphatic heterocycles. The minimum atomic E-state index is -0.477. The van der Waals surface area contributed by atoms with Gasteiger partial charge in [-0.3, -0.25) is 9.69 Å².